The van der Waals surface area contributed by atoms with Crippen molar-refractivity contribution in [2.45, 2.75) is 31.7 Å². The first-order chi connectivity index (χ1) is 11.3. The van der Waals surface area contributed by atoms with Gasteiger partial charge in [0.1, 0.15) is 11.6 Å². The lowest BCUT2D eigenvalue weighted by Gasteiger charge is -2.10. The van der Waals surface area contributed by atoms with Gasteiger partial charge in [0, 0.05) is 15.8 Å². The third kappa shape index (κ3) is 3.88. The van der Waals surface area contributed by atoms with Crippen LogP contribution in [0, 0.1) is 11.3 Å². The maximum atomic E-state index is 12.2. The van der Waals surface area contributed by atoms with Crippen LogP contribution in [-0.2, 0) is 4.79 Å². The number of rotatable bonds is 4. The SMILES string of the molecule is N#C/C(=C\c1ccc(-c2ccccc2)s1)C(=O)NC1CCCC1. The summed E-state index contributed by atoms with van der Waals surface area (Å²) >= 11 is 1.58. The van der Waals surface area contributed by atoms with E-state index in [9.17, 15) is 10.1 Å². The largest absolute Gasteiger partial charge is 0.349 e. The van der Waals surface area contributed by atoms with Crippen molar-refractivity contribution in [3.05, 3.63) is 52.9 Å². The second-order valence-electron chi connectivity index (χ2n) is 5.69. The minimum absolute atomic E-state index is 0.179. The molecule has 4 heteroatoms. The Morgan fingerprint density at radius 2 is 1.91 bits per heavy atom. The van der Waals surface area contributed by atoms with Crippen LogP contribution in [0.4, 0.5) is 0 Å². The first kappa shape index (κ1) is 15.5. The van der Waals surface area contributed by atoms with E-state index in [2.05, 4.69) is 17.4 Å². The van der Waals surface area contributed by atoms with Crippen molar-refractivity contribution in [1.29, 1.82) is 5.26 Å². The number of carbonyl (C=O) groups is 1. The summed E-state index contributed by atoms with van der Waals surface area (Å²) in [5.41, 5.74) is 1.32. The lowest BCUT2D eigenvalue weighted by molar-refractivity contribution is -0.117. The van der Waals surface area contributed by atoms with Gasteiger partial charge in [0.15, 0.2) is 0 Å². The molecule has 1 N–H and O–H groups in total. The van der Waals surface area contributed by atoms with E-state index >= 15 is 0 Å². The topological polar surface area (TPSA) is 52.9 Å². The number of benzene rings is 1. The molecular weight excluding hydrogens is 304 g/mol. The lowest BCUT2D eigenvalue weighted by Crippen LogP contribution is -2.33. The zero-order valence-electron chi connectivity index (χ0n) is 12.8. The van der Waals surface area contributed by atoms with E-state index in [0.29, 0.717) is 0 Å². The van der Waals surface area contributed by atoms with E-state index in [1.165, 1.54) is 0 Å². The van der Waals surface area contributed by atoms with E-state index in [-0.39, 0.29) is 17.5 Å². The Morgan fingerprint density at radius 1 is 1.17 bits per heavy atom. The predicted molar refractivity (Wildman–Crippen MR) is 93.7 cm³/mol. The predicted octanol–water partition coefficient (Wildman–Crippen LogP) is 4.38. The van der Waals surface area contributed by atoms with Crippen molar-refractivity contribution in [3.8, 4) is 16.5 Å². The highest BCUT2D eigenvalue weighted by Crippen LogP contribution is 2.29. The maximum absolute atomic E-state index is 12.2. The van der Waals surface area contributed by atoms with Gasteiger partial charge in [-0.2, -0.15) is 5.26 Å². The molecule has 1 aliphatic rings. The van der Waals surface area contributed by atoms with Crippen LogP contribution in [0.2, 0.25) is 0 Å². The second kappa shape index (κ2) is 7.26. The lowest BCUT2D eigenvalue weighted by atomic mass is 10.2. The van der Waals surface area contributed by atoms with Gasteiger partial charge >= 0.3 is 0 Å². The molecule has 0 atom stereocenters. The van der Waals surface area contributed by atoms with Crippen LogP contribution in [0.25, 0.3) is 16.5 Å². The molecule has 0 radical (unpaired) electrons. The number of hydrogen-bond acceptors (Lipinski definition) is 3. The average molecular weight is 322 g/mol. The molecule has 1 fully saturated rings. The van der Waals surface area contributed by atoms with Gasteiger partial charge in [-0.25, -0.2) is 0 Å². The van der Waals surface area contributed by atoms with E-state index in [1.54, 1.807) is 17.4 Å². The fourth-order valence-corrected chi connectivity index (χ4v) is 3.77. The van der Waals surface area contributed by atoms with E-state index < -0.39 is 0 Å². The molecule has 1 heterocycles. The van der Waals surface area contributed by atoms with Gasteiger partial charge in [-0.1, -0.05) is 43.2 Å². The fourth-order valence-electron chi connectivity index (χ4n) is 2.81. The molecule has 1 amide bonds. The number of carbonyl (C=O) groups excluding carboxylic acids is 1. The highest BCUT2D eigenvalue weighted by Gasteiger charge is 2.19. The smallest absolute Gasteiger partial charge is 0.262 e. The summed E-state index contributed by atoms with van der Waals surface area (Å²) in [6.07, 6.45) is 6.02. The van der Waals surface area contributed by atoms with Crippen LogP contribution in [-0.4, -0.2) is 11.9 Å². The normalized spacial score (nSPS) is 15.3. The van der Waals surface area contributed by atoms with Crippen LogP contribution >= 0.6 is 11.3 Å². The Balaban J connectivity index is 1.75. The van der Waals surface area contributed by atoms with Gasteiger partial charge in [0.25, 0.3) is 5.91 Å². The number of hydrogen-bond donors (Lipinski definition) is 1. The van der Waals surface area contributed by atoms with Crippen LogP contribution in [0.1, 0.15) is 30.6 Å². The Labute approximate surface area is 140 Å². The quantitative estimate of drug-likeness (QED) is 0.671. The third-order valence-electron chi connectivity index (χ3n) is 4.03. The van der Waals surface area contributed by atoms with Gasteiger partial charge in [0.05, 0.1) is 0 Å². The highest BCUT2D eigenvalue weighted by molar-refractivity contribution is 7.16. The van der Waals surface area contributed by atoms with Gasteiger partial charge in [0.2, 0.25) is 0 Å². The Kier molecular flexibility index (Phi) is 4.89. The van der Waals surface area contributed by atoms with Crippen molar-refractivity contribution < 1.29 is 4.79 Å². The molecule has 0 aliphatic heterocycles. The molecule has 23 heavy (non-hydrogen) atoms. The van der Waals surface area contributed by atoms with Crippen LogP contribution < -0.4 is 5.32 Å². The zero-order valence-corrected chi connectivity index (χ0v) is 13.6. The zero-order chi connectivity index (χ0) is 16.1. The highest BCUT2D eigenvalue weighted by atomic mass is 32.1. The van der Waals surface area contributed by atoms with E-state index in [1.807, 2.05) is 36.4 Å². The summed E-state index contributed by atoms with van der Waals surface area (Å²) in [5.74, 6) is -0.255. The van der Waals surface area contributed by atoms with Crippen LogP contribution in [0.15, 0.2) is 48.0 Å². The molecule has 0 saturated heterocycles. The molecule has 1 aromatic carbocycles. The molecule has 1 saturated carbocycles. The summed E-state index contributed by atoms with van der Waals surface area (Å²) in [6, 6.07) is 16.3. The van der Waals surface area contributed by atoms with Crippen LogP contribution in [0.3, 0.4) is 0 Å². The molecule has 2 aromatic rings. The number of nitrogens with zero attached hydrogens (tertiary/aromatic N) is 1. The Hall–Kier alpha value is -2.38. The van der Waals surface area contributed by atoms with Gasteiger partial charge in [-0.05, 0) is 36.6 Å². The van der Waals surface area contributed by atoms with Crippen molar-refractivity contribution >= 4 is 23.3 Å². The van der Waals surface area contributed by atoms with Crippen molar-refractivity contribution in [3.63, 3.8) is 0 Å². The minimum Gasteiger partial charge on any atom is -0.349 e. The number of amides is 1. The van der Waals surface area contributed by atoms with Gasteiger partial charge in [-0.15, -0.1) is 11.3 Å². The summed E-state index contributed by atoms with van der Waals surface area (Å²) in [5, 5.41) is 12.2. The number of nitriles is 1. The van der Waals surface area contributed by atoms with Crippen molar-refractivity contribution in [2.24, 2.45) is 0 Å². The van der Waals surface area contributed by atoms with Crippen molar-refractivity contribution in [1.82, 2.24) is 5.32 Å². The average Bonchev–Trinajstić information content (AvgIpc) is 3.25. The molecule has 1 aromatic heterocycles. The van der Waals surface area contributed by atoms with Gasteiger partial charge < -0.3 is 5.32 Å². The molecule has 0 unspecified atom stereocenters. The Morgan fingerprint density at radius 3 is 2.61 bits per heavy atom. The third-order valence-corrected chi connectivity index (χ3v) is 5.11. The summed E-state index contributed by atoms with van der Waals surface area (Å²) < 4.78 is 0. The molecule has 3 nitrogen and oxygen atoms in total. The molecule has 1 aliphatic carbocycles. The summed E-state index contributed by atoms with van der Waals surface area (Å²) in [4.78, 5) is 14.3. The number of thiophene rings is 1. The molecule has 116 valence electrons. The van der Waals surface area contributed by atoms with Gasteiger partial charge in [-0.3, -0.25) is 4.79 Å². The Bertz CT molecular complexity index is 749. The molecule has 0 bridgehead atoms. The minimum atomic E-state index is -0.255. The first-order valence-electron chi connectivity index (χ1n) is 7.84. The second-order valence-corrected chi connectivity index (χ2v) is 6.81. The standard InChI is InChI=1S/C19H18N2OS/c20-13-15(19(22)21-16-8-4-5-9-16)12-17-10-11-18(23-17)14-6-2-1-3-7-14/h1-3,6-7,10-12,16H,4-5,8-9H2,(H,21,22)/b15-12+. The molecular formula is C19H18N2OS. The molecule has 3 rings (SSSR count). The van der Waals surface area contributed by atoms with Crippen LogP contribution in [0.5, 0.6) is 0 Å². The fraction of sp³-hybridized carbons (Fsp3) is 0.263. The number of nitrogens with one attached hydrogen (secondary N) is 1. The monoisotopic (exact) mass is 322 g/mol. The summed E-state index contributed by atoms with van der Waals surface area (Å²) in [7, 11) is 0. The van der Waals surface area contributed by atoms with E-state index in [0.717, 1.165) is 41.0 Å². The van der Waals surface area contributed by atoms with E-state index in [4.69, 9.17) is 0 Å². The molecule has 0 spiro atoms. The maximum Gasteiger partial charge on any atom is 0.262 e. The van der Waals surface area contributed by atoms with Crippen molar-refractivity contribution in [2.75, 3.05) is 0 Å². The summed E-state index contributed by atoms with van der Waals surface area (Å²) in [6.45, 7) is 0. The first-order valence-corrected chi connectivity index (χ1v) is 8.66.